The zero-order chi connectivity index (χ0) is 21.9. The molecule has 158 valence electrons. The molecule has 7 heteroatoms. The largest absolute Gasteiger partial charge is 0.365 e. The lowest BCUT2D eigenvalue weighted by Gasteiger charge is -2.28. The molecule has 0 N–H and O–H groups in total. The molecule has 2 aromatic heterocycles. The van der Waals surface area contributed by atoms with E-state index in [0.29, 0.717) is 24.1 Å². The average molecular weight is 480 g/mol. The third-order valence-electron chi connectivity index (χ3n) is 6.03. The van der Waals surface area contributed by atoms with Gasteiger partial charge in [0.25, 0.3) is 5.56 Å². The first-order valence-corrected chi connectivity index (χ1v) is 10.9. The molecule has 0 radical (unpaired) electrons. The number of benzene rings is 2. The lowest BCUT2D eigenvalue weighted by atomic mass is 10.0. The Labute approximate surface area is 187 Å². The first kappa shape index (κ1) is 20.0. The van der Waals surface area contributed by atoms with Gasteiger partial charge in [0.1, 0.15) is 6.10 Å². The molecule has 0 saturated carbocycles. The number of rotatable bonds is 2. The minimum atomic E-state index is -0.365. The van der Waals surface area contributed by atoms with Crippen LogP contribution in [-0.4, -0.2) is 20.3 Å². The van der Waals surface area contributed by atoms with Gasteiger partial charge < -0.3 is 9.30 Å². The number of hydrogen-bond donors (Lipinski definition) is 0. The molecule has 1 aliphatic rings. The van der Waals surface area contributed by atoms with Crippen LogP contribution in [0.3, 0.4) is 0 Å². The quantitative estimate of drug-likeness (QED) is 0.438. The van der Waals surface area contributed by atoms with E-state index in [-0.39, 0.29) is 17.4 Å². The second-order valence-corrected chi connectivity index (χ2v) is 8.90. The van der Waals surface area contributed by atoms with Gasteiger partial charge in [0, 0.05) is 30.7 Å². The van der Waals surface area contributed by atoms with Crippen LogP contribution in [0.15, 0.2) is 62.6 Å². The molecule has 1 atom stereocenters. The summed E-state index contributed by atoms with van der Waals surface area (Å²) in [7, 11) is 3.25. The molecule has 0 amide bonds. The first-order chi connectivity index (χ1) is 14.9. The Bertz CT molecular complexity index is 1440. The lowest BCUT2D eigenvalue weighted by Crippen LogP contribution is -2.37. The molecule has 3 heterocycles. The van der Waals surface area contributed by atoms with Gasteiger partial charge in [0.15, 0.2) is 0 Å². The monoisotopic (exact) mass is 479 g/mol. The summed E-state index contributed by atoms with van der Waals surface area (Å²) in [5.74, 6) is 0. The zero-order valence-corrected chi connectivity index (χ0v) is 19.1. The van der Waals surface area contributed by atoms with Gasteiger partial charge in [0.2, 0.25) is 0 Å². The summed E-state index contributed by atoms with van der Waals surface area (Å²) in [6, 6.07) is 16.1. The molecule has 0 unspecified atom stereocenters. The Morgan fingerprint density at radius 1 is 1.03 bits per heavy atom. The Hall–Kier alpha value is -2.90. The number of halogens is 1. The third-order valence-corrected chi connectivity index (χ3v) is 6.52. The SMILES string of the molecule is Cc1ccc([C@H]2OCCn3c(-c4cccc(Br)c4)c4c(=O)n(C)c(=O)n(C)c4c32)cc1. The summed E-state index contributed by atoms with van der Waals surface area (Å²) in [5, 5.41) is 0.542. The van der Waals surface area contributed by atoms with E-state index in [4.69, 9.17) is 4.74 Å². The highest BCUT2D eigenvalue weighted by Gasteiger charge is 2.33. The molecule has 0 aliphatic carbocycles. The van der Waals surface area contributed by atoms with Gasteiger partial charge in [-0.05, 0) is 24.6 Å². The van der Waals surface area contributed by atoms with E-state index in [2.05, 4.69) is 32.6 Å². The van der Waals surface area contributed by atoms with Gasteiger partial charge in [-0.1, -0.05) is 57.9 Å². The van der Waals surface area contributed by atoms with Crippen LogP contribution >= 0.6 is 15.9 Å². The number of hydrogen-bond acceptors (Lipinski definition) is 3. The molecule has 6 nitrogen and oxygen atoms in total. The van der Waals surface area contributed by atoms with Crippen LogP contribution in [-0.2, 0) is 25.4 Å². The van der Waals surface area contributed by atoms with Crippen molar-refractivity contribution in [2.24, 2.45) is 14.1 Å². The molecule has 2 aromatic carbocycles. The van der Waals surface area contributed by atoms with Gasteiger partial charge in [-0.2, -0.15) is 0 Å². The molecule has 31 heavy (non-hydrogen) atoms. The van der Waals surface area contributed by atoms with Crippen LogP contribution < -0.4 is 11.2 Å². The smallest absolute Gasteiger partial charge is 0.331 e. The third kappa shape index (κ3) is 3.03. The summed E-state index contributed by atoms with van der Waals surface area (Å²) in [5.41, 5.74) is 4.74. The molecule has 0 saturated heterocycles. The van der Waals surface area contributed by atoms with Gasteiger partial charge >= 0.3 is 5.69 Å². The standard InChI is InChI=1S/C24H22BrN3O3/c1-14-7-9-15(10-8-14)22-21-20-18(23(29)27(3)24(30)26(20)2)19(28(21)11-12-31-22)16-5-4-6-17(25)13-16/h4-10,13,22H,11-12H2,1-3H3/t22-/m1/s1. The average Bonchev–Trinajstić information content (AvgIpc) is 3.12. The van der Waals surface area contributed by atoms with Crippen LogP contribution in [0.25, 0.3) is 22.2 Å². The molecular weight excluding hydrogens is 458 g/mol. The van der Waals surface area contributed by atoms with Gasteiger partial charge in [-0.15, -0.1) is 0 Å². The predicted molar refractivity (Wildman–Crippen MR) is 125 cm³/mol. The van der Waals surface area contributed by atoms with E-state index in [1.54, 1.807) is 11.6 Å². The minimum absolute atomic E-state index is 0.294. The van der Waals surface area contributed by atoms with Crippen molar-refractivity contribution in [1.29, 1.82) is 0 Å². The van der Waals surface area contributed by atoms with Crippen molar-refractivity contribution in [3.05, 3.63) is 90.7 Å². The highest BCUT2D eigenvalue weighted by atomic mass is 79.9. The normalized spacial score (nSPS) is 15.9. The summed E-state index contributed by atoms with van der Waals surface area (Å²) in [6.07, 6.45) is -0.365. The molecule has 4 aromatic rings. The predicted octanol–water partition coefficient (Wildman–Crippen LogP) is 3.90. The highest BCUT2D eigenvalue weighted by Crippen LogP contribution is 2.40. The first-order valence-electron chi connectivity index (χ1n) is 10.1. The van der Waals surface area contributed by atoms with E-state index < -0.39 is 0 Å². The topological polar surface area (TPSA) is 58.2 Å². The molecule has 5 rings (SSSR count). The van der Waals surface area contributed by atoms with E-state index in [0.717, 1.165) is 32.6 Å². The maximum atomic E-state index is 13.4. The van der Waals surface area contributed by atoms with Gasteiger partial charge in [0.05, 0.1) is 28.9 Å². The summed E-state index contributed by atoms with van der Waals surface area (Å²) >= 11 is 3.55. The van der Waals surface area contributed by atoms with Crippen LogP contribution in [0, 0.1) is 6.92 Å². The number of ether oxygens (including phenoxy) is 1. The van der Waals surface area contributed by atoms with Crippen LogP contribution in [0.5, 0.6) is 0 Å². The number of aromatic nitrogens is 3. The Morgan fingerprint density at radius 3 is 2.48 bits per heavy atom. The Kier molecular flexibility index (Phi) is 4.75. The molecule has 0 spiro atoms. The van der Waals surface area contributed by atoms with Crippen molar-refractivity contribution in [3.8, 4) is 11.3 Å². The van der Waals surface area contributed by atoms with E-state index in [1.165, 1.54) is 11.6 Å². The maximum absolute atomic E-state index is 13.4. The summed E-state index contributed by atoms with van der Waals surface area (Å²) in [6.45, 7) is 3.16. The number of fused-ring (bicyclic) bond motifs is 3. The number of nitrogens with zero attached hydrogens (tertiary/aromatic N) is 3. The van der Waals surface area contributed by atoms with Crippen molar-refractivity contribution in [1.82, 2.24) is 13.7 Å². The maximum Gasteiger partial charge on any atom is 0.331 e. The summed E-state index contributed by atoms with van der Waals surface area (Å²) in [4.78, 5) is 26.2. The van der Waals surface area contributed by atoms with E-state index in [1.807, 2.05) is 43.3 Å². The second kappa shape index (κ2) is 7.35. The summed E-state index contributed by atoms with van der Waals surface area (Å²) < 4.78 is 12.1. The van der Waals surface area contributed by atoms with E-state index in [9.17, 15) is 9.59 Å². The van der Waals surface area contributed by atoms with Crippen LogP contribution in [0.1, 0.15) is 22.9 Å². The van der Waals surface area contributed by atoms with Crippen molar-refractivity contribution < 1.29 is 4.74 Å². The Balaban J connectivity index is 1.94. The molecule has 0 bridgehead atoms. The number of aryl methyl sites for hydroxylation is 2. The van der Waals surface area contributed by atoms with Crippen LogP contribution in [0.4, 0.5) is 0 Å². The van der Waals surface area contributed by atoms with Crippen LogP contribution in [0.2, 0.25) is 0 Å². The fourth-order valence-corrected chi connectivity index (χ4v) is 4.91. The molecule has 1 aliphatic heterocycles. The molecular formula is C24H22BrN3O3. The van der Waals surface area contributed by atoms with Gasteiger partial charge in [-0.3, -0.25) is 13.9 Å². The van der Waals surface area contributed by atoms with Crippen molar-refractivity contribution >= 4 is 26.8 Å². The molecule has 0 fully saturated rings. The Morgan fingerprint density at radius 2 is 1.77 bits per heavy atom. The second-order valence-electron chi connectivity index (χ2n) is 7.99. The van der Waals surface area contributed by atoms with Crippen molar-refractivity contribution in [2.45, 2.75) is 19.6 Å². The van der Waals surface area contributed by atoms with Crippen molar-refractivity contribution in [2.75, 3.05) is 6.61 Å². The van der Waals surface area contributed by atoms with E-state index >= 15 is 0 Å². The highest BCUT2D eigenvalue weighted by molar-refractivity contribution is 9.10. The fraction of sp³-hybridized carbons (Fsp3) is 0.250. The minimum Gasteiger partial charge on any atom is -0.365 e. The van der Waals surface area contributed by atoms with Crippen molar-refractivity contribution in [3.63, 3.8) is 0 Å². The lowest BCUT2D eigenvalue weighted by molar-refractivity contribution is 0.0478. The fourth-order valence-electron chi connectivity index (χ4n) is 4.51. The zero-order valence-electron chi connectivity index (χ0n) is 17.6. The van der Waals surface area contributed by atoms with Gasteiger partial charge in [-0.25, -0.2) is 4.79 Å².